The molecule has 0 bridgehead atoms. The Hall–Kier alpha value is 1.26. The van der Waals surface area contributed by atoms with E-state index in [1.165, 1.54) is 0 Å². The van der Waals surface area contributed by atoms with Gasteiger partial charge in [-0.2, -0.15) is 8.42 Å². The van der Waals surface area contributed by atoms with Gasteiger partial charge in [0, 0.05) is 0 Å². The second kappa shape index (κ2) is 5.40. The van der Waals surface area contributed by atoms with Crippen LogP contribution in [-0.4, -0.2) is 42.5 Å². The zero-order valence-electron chi connectivity index (χ0n) is 2.12. The molecule has 42 valence electrons. The molecule has 0 saturated carbocycles. The van der Waals surface area contributed by atoms with Crippen LogP contribution < -0.4 is 0 Å². The summed E-state index contributed by atoms with van der Waals surface area (Å²) < 4.78 is 25.5. The SMILES string of the molecule is C.O=S(=O)(O)S.[NaH]. The normalized spacial score (nSPS) is 8.29. The van der Waals surface area contributed by atoms with E-state index in [1.807, 2.05) is 0 Å². The first-order valence-corrected chi connectivity index (χ1v) is 3.19. The molecule has 0 spiro atoms. The molecule has 6 heteroatoms. The molecule has 0 aromatic heterocycles. The van der Waals surface area contributed by atoms with Gasteiger partial charge in [-0.3, -0.25) is 4.55 Å². The van der Waals surface area contributed by atoms with Gasteiger partial charge in [-0.05, 0) is 11.7 Å². The molecule has 0 rings (SSSR count). The van der Waals surface area contributed by atoms with Crippen molar-refractivity contribution < 1.29 is 13.0 Å². The Kier molecular flexibility index (Phi) is 12.1. The van der Waals surface area contributed by atoms with Crippen LogP contribution in [0, 0.1) is 0 Å². The van der Waals surface area contributed by atoms with Gasteiger partial charge in [-0.25, -0.2) is 0 Å². The van der Waals surface area contributed by atoms with Gasteiger partial charge in [-0.1, -0.05) is 7.43 Å². The average Bonchev–Trinajstić information content (AvgIpc) is 0.722. The molecule has 0 unspecified atom stereocenters. The van der Waals surface area contributed by atoms with E-state index in [2.05, 4.69) is 11.7 Å². The van der Waals surface area contributed by atoms with Gasteiger partial charge in [0.2, 0.25) is 0 Å². The Morgan fingerprint density at radius 3 is 1.43 bits per heavy atom. The van der Waals surface area contributed by atoms with E-state index in [4.69, 9.17) is 13.0 Å². The molecule has 0 atom stereocenters. The van der Waals surface area contributed by atoms with Crippen LogP contribution >= 0.6 is 11.7 Å². The molecule has 0 aliphatic carbocycles. The van der Waals surface area contributed by atoms with Crippen molar-refractivity contribution in [2.24, 2.45) is 0 Å². The third kappa shape index (κ3) is 127. The molecule has 0 aliphatic rings. The zero-order valence-corrected chi connectivity index (χ0v) is 3.83. The Morgan fingerprint density at radius 2 is 1.43 bits per heavy atom. The van der Waals surface area contributed by atoms with Gasteiger partial charge in [0.1, 0.15) is 0 Å². The first kappa shape index (κ1) is 15.7. The van der Waals surface area contributed by atoms with Crippen molar-refractivity contribution in [2.45, 2.75) is 7.43 Å². The van der Waals surface area contributed by atoms with Gasteiger partial charge < -0.3 is 0 Å². The average molecular weight is 154 g/mol. The molecular weight excluding hydrogens is 147 g/mol. The minimum atomic E-state index is -3.97. The van der Waals surface area contributed by atoms with Crippen molar-refractivity contribution in [3.05, 3.63) is 0 Å². The predicted octanol–water partition coefficient (Wildman–Crippen LogP) is -0.293. The first-order chi connectivity index (χ1) is 2.00. The van der Waals surface area contributed by atoms with E-state index in [1.54, 1.807) is 0 Å². The van der Waals surface area contributed by atoms with E-state index in [0.717, 1.165) is 0 Å². The molecule has 0 amide bonds. The summed E-state index contributed by atoms with van der Waals surface area (Å²) in [6, 6.07) is 0. The molecular formula is CH7NaO3S2. The van der Waals surface area contributed by atoms with E-state index < -0.39 is 9.15 Å². The fourth-order valence-corrected chi connectivity index (χ4v) is 0. The van der Waals surface area contributed by atoms with Gasteiger partial charge >= 0.3 is 38.7 Å². The molecule has 1 N–H and O–H groups in total. The van der Waals surface area contributed by atoms with E-state index in [0.29, 0.717) is 0 Å². The third-order valence-corrected chi connectivity index (χ3v) is 0. The fourth-order valence-electron chi connectivity index (χ4n) is 0. The Bertz CT molecular complexity index is 96.1. The quantitative estimate of drug-likeness (QED) is 0.218. The zero-order chi connectivity index (χ0) is 4.50. The summed E-state index contributed by atoms with van der Waals surface area (Å²) in [6.07, 6.45) is 0. The molecule has 0 heterocycles. The van der Waals surface area contributed by atoms with Crippen LogP contribution in [0.25, 0.3) is 0 Å². The fraction of sp³-hybridized carbons (Fsp3) is 1.00. The van der Waals surface area contributed by atoms with Gasteiger partial charge in [0.05, 0.1) is 0 Å². The van der Waals surface area contributed by atoms with Crippen molar-refractivity contribution >= 4 is 50.4 Å². The molecule has 0 aromatic carbocycles. The van der Waals surface area contributed by atoms with Crippen molar-refractivity contribution in [2.75, 3.05) is 0 Å². The second-order valence-electron chi connectivity index (χ2n) is 0.448. The summed E-state index contributed by atoms with van der Waals surface area (Å²) in [6.45, 7) is 0. The summed E-state index contributed by atoms with van der Waals surface area (Å²) in [5.74, 6) is 0. The van der Waals surface area contributed by atoms with Crippen LogP contribution in [0.15, 0.2) is 0 Å². The standard InChI is InChI=1S/CH4.Na.H2O3S2.H/c;;1-5(2,3)4;/h1H4;;(H2,1,2,3,4);. The van der Waals surface area contributed by atoms with E-state index in [-0.39, 0.29) is 37.0 Å². The van der Waals surface area contributed by atoms with Crippen LogP contribution in [0.4, 0.5) is 0 Å². The summed E-state index contributed by atoms with van der Waals surface area (Å²) >= 11 is 2.65. The van der Waals surface area contributed by atoms with Crippen LogP contribution in [0.5, 0.6) is 0 Å². The Morgan fingerprint density at radius 1 is 1.43 bits per heavy atom. The molecule has 0 fully saturated rings. The van der Waals surface area contributed by atoms with E-state index in [9.17, 15) is 0 Å². The van der Waals surface area contributed by atoms with Gasteiger partial charge in [0.15, 0.2) is 0 Å². The van der Waals surface area contributed by atoms with Crippen LogP contribution in [-0.2, 0) is 9.15 Å². The maximum atomic E-state index is 9.05. The predicted molar refractivity (Wildman–Crippen MR) is 34.4 cm³/mol. The van der Waals surface area contributed by atoms with Crippen molar-refractivity contribution in [1.29, 1.82) is 0 Å². The molecule has 0 saturated heterocycles. The topological polar surface area (TPSA) is 54.4 Å². The van der Waals surface area contributed by atoms with Gasteiger partial charge in [0.25, 0.3) is 0 Å². The Labute approximate surface area is 70.3 Å². The number of hydrogen-bond donors (Lipinski definition) is 2. The number of hydrogen-bond acceptors (Lipinski definition) is 2. The monoisotopic (exact) mass is 154 g/mol. The summed E-state index contributed by atoms with van der Waals surface area (Å²) in [5.41, 5.74) is 0. The van der Waals surface area contributed by atoms with E-state index >= 15 is 0 Å². The number of rotatable bonds is 0. The summed E-state index contributed by atoms with van der Waals surface area (Å²) in [7, 11) is -3.97. The first-order valence-electron chi connectivity index (χ1n) is 0.698. The van der Waals surface area contributed by atoms with Gasteiger partial charge in [-0.15, -0.1) is 0 Å². The van der Waals surface area contributed by atoms with Crippen molar-refractivity contribution in [1.82, 2.24) is 0 Å². The van der Waals surface area contributed by atoms with Crippen molar-refractivity contribution in [3.8, 4) is 0 Å². The molecule has 0 aliphatic heterocycles. The van der Waals surface area contributed by atoms with Crippen molar-refractivity contribution in [3.63, 3.8) is 0 Å². The van der Waals surface area contributed by atoms with Crippen LogP contribution in [0.3, 0.4) is 0 Å². The van der Waals surface area contributed by atoms with Crippen LogP contribution in [0.2, 0.25) is 0 Å². The Balaban J connectivity index is -0.0000000800. The molecule has 0 aromatic rings. The minimum absolute atomic E-state index is 0. The number of thiol groups is 1. The third-order valence-electron chi connectivity index (χ3n) is 0. The summed E-state index contributed by atoms with van der Waals surface area (Å²) in [4.78, 5) is 0. The molecule has 0 radical (unpaired) electrons. The molecule has 3 nitrogen and oxygen atoms in total. The summed E-state index contributed by atoms with van der Waals surface area (Å²) in [5, 5.41) is 0. The second-order valence-corrected chi connectivity index (χ2v) is 2.73. The van der Waals surface area contributed by atoms with Crippen LogP contribution in [0.1, 0.15) is 7.43 Å². The molecule has 7 heavy (non-hydrogen) atoms. The maximum absolute atomic E-state index is 9.05.